The molecular weight excluding hydrogens is 354 g/mol. The molecule has 1 unspecified atom stereocenters. The smallest absolute Gasteiger partial charge is 0.312 e. The van der Waals surface area contributed by atoms with Gasteiger partial charge in [-0.2, -0.15) is 4.37 Å². The second kappa shape index (κ2) is 7.30. The summed E-state index contributed by atoms with van der Waals surface area (Å²) in [6.45, 7) is 2.09. The normalized spacial score (nSPS) is 17.4. The number of aromatic nitrogens is 2. The van der Waals surface area contributed by atoms with E-state index in [1.807, 2.05) is 52.7 Å². The predicted molar refractivity (Wildman–Crippen MR) is 101 cm³/mol. The number of urea groups is 1. The Hall–Kier alpha value is -2.29. The Morgan fingerprint density at radius 1 is 1.24 bits per heavy atom. The van der Waals surface area contributed by atoms with Crippen LogP contribution in [0.4, 0.5) is 10.5 Å². The number of carbonyl (C=O) groups excluding carboxylic acids is 1. The maximum absolute atomic E-state index is 12.7. The van der Waals surface area contributed by atoms with Crippen molar-refractivity contribution >= 4 is 34.6 Å². The molecule has 2 aromatic heterocycles. The number of piperazine rings is 1. The number of thiophene rings is 1. The van der Waals surface area contributed by atoms with Crippen molar-refractivity contribution in [3.05, 3.63) is 52.9 Å². The first-order chi connectivity index (χ1) is 12.3. The van der Waals surface area contributed by atoms with Gasteiger partial charge in [0.1, 0.15) is 5.01 Å². The van der Waals surface area contributed by atoms with E-state index in [0.29, 0.717) is 13.1 Å². The molecule has 1 saturated heterocycles. The topological polar surface area (TPSA) is 70.2 Å². The van der Waals surface area contributed by atoms with Crippen molar-refractivity contribution in [2.45, 2.75) is 6.04 Å². The van der Waals surface area contributed by atoms with Gasteiger partial charge in [-0.3, -0.25) is 0 Å². The van der Waals surface area contributed by atoms with Gasteiger partial charge in [0, 0.05) is 25.3 Å². The summed E-state index contributed by atoms with van der Waals surface area (Å²) in [5.41, 5.74) is 0.793. The van der Waals surface area contributed by atoms with Gasteiger partial charge in [0.05, 0.1) is 10.9 Å². The van der Waals surface area contributed by atoms with Crippen molar-refractivity contribution < 1.29 is 4.79 Å². The Morgan fingerprint density at radius 2 is 2.12 bits per heavy atom. The molecule has 0 saturated carbocycles. The monoisotopic (exact) mass is 371 g/mol. The van der Waals surface area contributed by atoms with Gasteiger partial charge in [-0.25, -0.2) is 9.78 Å². The summed E-state index contributed by atoms with van der Waals surface area (Å²) >= 11 is 2.98. The third-order valence-electron chi connectivity index (χ3n) is 4.00. The third-order valence-corrected chi connectivity index (χ3v) is 5.68. The summed E-state index contributed by atoms with van der Waals surface area (Å²) in [6.07, 6.45) is 0. The fourth-order valence-corrected chi connectivity index (χ4v) is 4.26. The molecule has 1 aromatic carbocycles. The van der Waals surface area contributed by atoms with Crippen LogP contribution >= 0.6 is 22.9 Å². The number of nitrogens with zero attached hydrogens (tertiary/aromatic N) is 3. The lowest BCUT2D eigenvalue weighted by molar-refractivity contribution is 0.171. The third kappa shape index (κ3) is 3.55. The van der Waals surface area contributed by atoms with Crippen LogP contribution in [0.3, 0.4) is 0 Å². The van der Waals surface area contributed by atoms with Crippen molar-refractivity contribution in [1.82, 2.24) is 19.6 Å². The lowest BCUT2D eigenvalue weighted by atomic mass is 10.2. The summed E-state index contributed by atoms with van der Waals surface area (Å²) in [6, 6.07) is 13.3. The fraction of sp³-hybridized carbons (Fsp3) is 0.235. The fourth-order valence-electron chi connectivity index (χ4n) is 2.76. The molecule has 0 aliphatic carbocycles. The number of benzene rings is 1. The van der Waals surface area contributed by atoms with Gasteiger partial charge in [0.15, 0.2) is 5.82 Å². The number of hydrogen-bond donors (Lipinski definition) is 2. The van der Waals surface area contributed by atoms with E-state index in [1.54, 1.807) is 11.3 Å². The molecule has 1 fully saturated rings. The summed E-state index contributed by atoms with van der Waals surface area (Å²) in [4.78, 5) is 20.3. The molecule has 1 aliphatic heterocycles. The number of para-hydroxylation sites is 1. The van der Waals surface area contributed by atoms with Gasteiger partial charge in [-0.05, 0) is 35.1 Å². The number of rotatable bonds is 3. The van der Waals surface area contributed by atoms with E-state index in [4.69, 9.17) is 0 Å². The van der Waals surface area contributed by atoms with Crippen LogP contribution in [0.25, 0.3) is 10.7 Å². The van der Waals surface area contributed by atoms with Gasteiger partial charge in [-0.15, -0.1) is 11.3 Å². The van der Waals surface area contributed by atoms with E-state index >= 15 is 0 Å². The average Bonchev–Trinajstić information content (AvgIpc) is 3.34. The first kappa shape index (κ1) is 16.2. The van der Waals surface area contributed by atoms with Gasteiger partial charge in [0.2, 0.25) is 0 Å². The highest BCUT2D eigenvalue weighted by Gasteiger charge is 2.30. The molecule has 3 heterocycles. The molecule has 0 bridgehead atoms. The molecule has 3 aromatic rings. The highest BCUT2D eigenvalue weighted by molar-refractivity contribution is 7.13. The molecule has 0 spiro atoms. The number of hydrogen-bond acceptors (Lipinski definition) is 6. The molecular formula is C17H17N5OS2. The van der Waals surface area contributed by atoms with Crippen molar-refractivity contribution in [2.24, 2.45) is 0 Å². The molecule has 0 radical (unpaired) electrons. The number of nitrogens with one attached hydrogen (secondary N) is 2. The zero-order valence-electron chi connectivity index (χ0n) is 13.4. The van der Waals surface area contributed by atoms with Gasteiger partial charge in [-0.1, -0.05) is 24.3 Å². The predicted octanol–water partition coefficient (Wildman–Crippen LogP) is 3.45. The Balaban J connectivity index is 1.54. The van der Waals surface area contributed by atoms with E-state index in [9.17, 15) is 4.79 Å². The molecule has 8 heteroatoms. The Morgan fingerprint density at radius 3 is 2.92 bits per heavy atom. The molecule has 25 heavy (non-hydrogen) atoms. The van der Waals surface area contributed by atoms with Crippen LogP contribution in [-0.2, 0) is 0 Å². The van der Waals surface area contributed by atoms with Crippen molar-refractivity contribution in [3.8, 4) is 10.7 Å². The summed E-state index contributed by atoms with van der Waals surface area (Å²) in [7, 11) is 0. The quantitative estimate of drug-likeness (QED) is 0.740. The molecule has 6 nitrogen and oxygen atoms in total. The summed E-state index contributed by atoms with van der Waals surface area (Å²) in [5, 5.41) is 9.18. The molecule has 4 rings (SSSR count). The minimum atomic E-state index is -0.108. The largest absolute Gasteiger partial charge is 0.322 e. The van der Waals surface area contributed by atoms with E-state index in [0.717, 1.165) is 27.9 Å². The minimum absolute atomic E-state index is 0.106. The number of amides is 2. The Labute approximate surface area is 153 Å². The van der Waals surface area contributed by atoms with E-state index < -0.39 is 0 Å². The van der Waals surface area contributed by atoms with E-state index in [-0.39, 0.29) is 12.1 Å². The Kier molecular flexibility index (Phi) is 4.73. The highest BCUT2D eigenvalue weighted by atomic mass is 32.1. The zero-order valence-corrected chi connectivity index (χ0v) is 15.0. The van der Waals surface area contributed by atoms with Crippen molar-refractivity contribution in [3.63, 3.8) is 0 Å². The number of anilines is 1. The minimum Gasteiger partial charge on any atom is -0.312 e. The van der Waals surface area contributed by atoms with Crippen LogP contribution in [0, 0.1) is 0 Å². The van der Waals surface area contributed by atoms with Crippen molar-refractivity contribution in [2.75, 3.05) is 25.0 Å². The standard InChI is InChI=1S/C17H17N5OS2/c23-17(19-12-5-2-1-3-6-12)22-9-8-18-11-13(22)16-20-15(21-25-16)14-7-4-10-24-14/h1-7,10,13,18H,8-9,11H2,(H,19,23). The lowest BCUT2D eigenvalue weighted by Crippen LogP contribution is -2.50. The van der Waals surface area contributed by atoms with Crippen LogP contribution in [0.5, 0.6) is 0 Å². The van der Waals surface area contributed by atoms with E-state index in [2.05, 4.69) is 20.0 Å². The summed E-state index contributed by atoms with van der Waals surface area (Å²) in [5.74, 6) is 0.740. The van der Waals surface area contributed by atoms with Gasteiger partial charge >= 0.3 is 6.03 Å². The average molecular weight is 371 g/mol. The molecule has 2 N–H and O–H groups in total. The van der Waals surface area contributed by atoms with Gasteiger partial charge < -0.3 is 15.5 Å². The summed E-state index contributed by atoms with van der Waals surface area (Å²) < 4.78 is 4.47. The van der Waals surface area contributed by atoms with Crippen LogP contribution in [0.2, 0.25) is 0 Å². The SMILES string of the molecule is O=C(Nc1ccccc1)N1CCNCC1c1nc(-c2cccs2)ns1. The van der Waals surface area contributed by atoms with Crippen molar-refractivity contribution in [1.29, 1.82) is 0 Å². The highest BCUT2D eigenvalue weighted by Crippen LogP contribution is 2.29. The van der Waals surface area contributed by atoms with E-state index in [1.165, 1.54) is 11.5 Å². The maximum atomic E-state index is 12.7. The van der Waals surface area contributed by atoms with Crippen LogP contribution in [-0.4, -0.2) is 39.9 Å². The Bertz CT molecular complexity index is 834. The lowest BCUT2D eigenvalue weighted by Gasteiger charge is -2.34. The molecule has 1 aliphatic rings. The second-order valence-electron chi connectivity index (χ2n) is 5.64. The molecule has 1 atom stereocenters. The van der Waals surface area contributed by atoms with Crippen LogP contribution in [0.15, 0.2) is 47.8 Å². The second-order valence-corrected chi connectivity index (χ2v) is 7.37. The number of carbonyl (C=O) groups is 1. The van der Waals surface area contributed by atoms with Crippen LogP contribution in [0.1, 0.15) is 11.0 Å². The molecule has 128 valence electrons. The van der Waals surface area contributed by atoms with Crippen LogP contribution < -0.4 is 10.6 Å². The first-order valence-electron chi connectivity index (χ1n) is 8.02. The first-order valence-corrected chi connectivity index (χ1v) is 9.67. The molecule has 2 amide bonds. The zero-order chi connectivity index (χ0) is 17.1. The maximum Gasteiger partial charge on any atom is 0.322 e. The van der Waals surface area contributed by atoms with Gasteiger partial charge in [0.25, 0.3) is 0 Å².